The molecule has 10 heteroatoms. The number of hydrogen-bond donors (Lipinski definition) is 1. The molecule has 1 aliphatic carbocycles. The Kier molecular flexibility index (Phi) is 5.17. The summed E-state index contributed by atoms with van der Waals surface area (Å²) in [5.74, 6) is -0.0742. The molecular weight excluding hydrogens is 382 g/mol. The highest BCUT2D eigenvalue weighted by molar-refractivity contribution is 8.00. The number of imidazole rings is 1. The van der Waals surface area contributed by atoms with E-state index < -0.39 is 0 Å². The molecule has 1 N–H and O–H groups in total. The summed E-state index contributed by atoms with van der Waals surface area (Å²) in [6, 6.07) is 8.13. The van der Waals surface area contributed by atoms with Crippen LogP contribution >= 0.6 is 23.5 Å². The number of tetrazole rings is 1. The van der Waals surface area contributed by atoms with Crippen LogP contribution in [-0.4, -0.2) is 40.9 Å². The SMILES string of the molecule is CC(Sc1nnnn1C1CC1)C(=O)Nc1ccc(Sc2nccn2C)cc1. The molecule has 27 heavy (non-hydrogen) atoms. The van der Waals surface area contributed by atoms with Crippen LogP contribution in [0.5, 0.6) is 0 Å². The van der Waals surface area contributed by atoms with Gasteiger partial charge in [-0.2, -0.15) is 0 Å². The third-order valence-corrected chi connectivity index (χ3v) is 6.25. The van der Waals surface area contributed by atoms with E-state index in [0.717, 1.165) is 28.6 Å². The van der Waals surface area contributed by atoms with E-state index >= 15 is 0 Å². The average molecular weight is 402 g/mol. The summed E-state index contributed by atoms with van der Waals surface area (Å²) >= 11 is 2.96. The van der Waals surface area contributed by atoms with Gasteiger partial charge in [0.2, 0.25) is 11.1 Å². The van der Waals surface area contributed by atoms with Gasteiger partial charge in [-0.15, -0.1) is 5.10 Å². The lowest BCUT2D eigenvalue weighted by atomic mass is 10.3. The molecule has 1 aromatic carbocycles. The zero-order chi connectivity index (χ0) is 18.8. The van der Waals surface area contributed by atoms with Crippen molar-refractivity contribution in [3.8, 4) is 0 Å². The molecule has 8 nitrogen and oxygen atoms in total. The number of carbonyl (C=O) groups is 1. The van der Waals surface area contributed by atoms with E-state index in [2.05, 4.69) is 25.8 Å². The second kappa shape index (κ2) is 7.73. The highest BCUT2D eigenvalue weighted by atomic mass is 32.2. The van der Waals surface area contributed by atoms with E-state index in [1.54, 1.807) is 18.0 Å². The number of hydrogen-bond acceptors (Lipinski definition) is 7. The lowest BCUT2D eigenvalue weighted by Gasteiger charge is -2.12. The highest BCUT2D eigenvalue weighted by Crippen LogP contribution is 2.37. The predicted octanol–water partition coefficient (Wildman–Crippen LogP) is 3.01. The standard InChI is InChI=1S/C17H19N7OS2/c1-11(26-17-20-21-22-24(17)13-5-6-13)15(25)19-12-3-7-14(8-4-12)27-16-18-9-10-23(16)2/h3-4,7-11,13H,5-6H2,1-2H3,(H,19,25). The van der Waals surface area contributed by atoms with Crippen LogP contribution in [0.3, 0.4) is 0 Å². The molecule has 3 aromatic rings. The average Bonchev–Trinajstić information content (AvgIpc) is 3.28. The molecule has 1 aliphatic rings. The molecule has 2 heterocycles. The number of thioether (sulfide) groups is 1. The number of benzene rings is 1. The summed E-state index contributed by atoms with van der Waals surface area (Å²) in [5.41, 5.74) is 0.762. The zero-order valence-corrected chi connectivity index (χ0v) is 16.6. The number of amides is 1. The number of nitrogens with one attached hydrogen (secondary N) is 1. The predicted molar refractivity (Wildman–Crippen MR) is 104 cm³/mol. The number of anilines is 1. The van der Waals surface area contributed by atoms with Crippen LogP contribution in [-0.2, 0) is 11.8 Å². The molecular formula is C17H19N7OS2. The fourth-order valence-electron chi connectivity index (χ4n) is 2.43. The van der Waals surface area contributed by atoms with Gasteiger partial charge in [0, 0.05) is 30.0 Å². The molecule has 1 unspecified atom stereocenters. The van der Waals surface area contributed by atoms with Gasteiger partial charge in [0.15, 0.2) is 5.16 Å². The molecule has 2 aromatic heterocycles. The van der Waals surface area contributed by atoms with Crippen molar-refractivity contribution in [2.45, 2.75) is 46.3 Å². The van der Waals surface area contributed by atoms with Crippen LogP contribution in [0.4, 0.5) is 5.69 Å². The minimum Gasteiger partial charge on any atom is -0.329 e. The van der Waals surface area contributed by atoms with Crippen LogP contribution in [0.1, 0.15) is 25.8 Å². The first-order valence-electron chi connectivity index (χ1n) is 8.61. The van der Waals surface area contributed by atoms with Crippen LogP contribution in [0.15, 0.2) is 51.9 Å². The first kappa shape index (κ1) is 18.1. The Hall–Kier alpha value is -2.33. The Morgan fingerprint density at radius 3 is 2.70 bits per heavy atom. The van der Waals surface area contributed by atoms with E-state index in [0.29, 0.717) is 11.2 Å². The maximum atomic E-state index is 12.5. The van der Waals surface area contributed by atoms with E-state index in [1.807, 2.05) is 53.7 Å². The summed E-state index contributed by atoms with van der Waals surface area (Å²) in [7, 11) is 1.96. The van der Waals surface area contributed by atoms with E-state index in [9.17, 15) is 4.79 Å². The molecule has 0 saturated heterocycles. The quantitative estimate of drug-likeness (QED) is 0.609. The van der Waals surface area contributed by atoms with Gasteiger partial charge in [0.25, 0.3) is 0 Å². The van der Waals surface area contributed by atoms with Crippen molar-refractivity contribution in [1.29, 1.82) is 0 Å². The topological polar surface area (TPSA) is 90.5 Å². The Bertz CT molecular complexity index is 933. The number of carbonyl (C=O) groups excluding carboxylic acids is 1. The number of aromatic nitrogens is 6. The van der Waals surface area contributed by atoms with E-state index in [4.69, 9.17) is 0 Å². The Morgan fingerprint density at radius 1 is 1.26 bits per heavy atom. The van der Waals surface area contributed by atoms with Gasteiger partial charge in [-0.05, 0) is 54.5 Å². The van der Waals surface area contributed by atoms with E-state index in [1.165, 1.54) is 11.8 Å². The summed E-state index contributed by atoms with van der Waals surface area (Å²) < 4.78 is 3.78. The molecule has 1 saturated carbocycles. The van der Waals surface area contributed by atoms with Crippen molar-refractivity contribution in [2.75, 3.05) is 5.32 Å². The van der Waals surface area contributed by atoms with Gasteiger partial charge in [0.1, 0.15) is 0 Å². The van der Waals surface area contributed by atoms with Crippen molar-refractivity contribution >= 4 is 35.1 Å². The Balaban J connectivity index is 1.34. The second-order valence-corrected chi connectivity index (χ2v) is 8.68. The molecule has 140 valence electrons. The van der Waals surface area contributed by atoms with Gasteiger partial charge in [-0.1, -0.05) is 23.5 Å². The van der Waals surface area contributed by atoms with Crippen molar-refractivity contribution < 1.29 is 4.79 Å². The second-order valence-electron chi connectivity index (χ2n) is 6.33. The summed E-state index contributed by atoms with van der Waals surface area (Å²) in [6.45, 7) is 1.86. The van der Waals surface area contributed by atoms with Gasteiger partial charge >= 0.3 is 0 Å². The fourth-order valence-corrected chi connectivity index (χ4v) is 4.09. The number of rotatable bonds is 7. The Morgan fingerprint density at radius 2 is 2.04 bits per heavy atom. The van der Waals surface area contributed by atoms with Gasteiger partial charge in [-0.3, -0.25) is 4.79 Å². The maximum absolute atomic E-state index is 12.5. The molecule has 1 amide bonds. The third kappa shape index (κ3) is 4.33. The molecule has 1 atom stereocenters. The molecule has 0 aliphatic heterocycles. The Labute approximate surface area is 165 Å². The first-order chi connectivity index (χ1) is 13.1. The minimum absolute atomic E-state index is 0.0742. The monoisotopic (exact) mass is 401 g/mol. The molecule has 0 radical (unpaired) electrons. The number of nitrogens with zero attached hydrogens (tertiary/aromatic N) is 6. The van der Waals surface area contributed by atoms with E-state index in [-0.39, 0.29) is 11.2 Å². The van der Waals surface area contributed by atoms with Crippen LogP contribution in [0.2, 0.25) is 0 Å². The smallest absolute Gasteiger partial charge is 0.237 e. The summed E-state index contributed by atoms with van der Waals surface area (Å²) in [4.78, 5) is 17.9. The molecule has 0 bridgehead atoms. The normalized spacial score (nSPS) is 14.9. The van der Waals surface area contributed by atoms with Gasteiger partial charge < -0.3 is 9.88 Å². The minimum atomic E-state index is -0.296. The maximum Gasteiger partial charge on any atom is 0.237 e. The van der Waals surface area contributed by atoms with Crippen LogP contribution < -0.4 is 5.32 Å². The largest absolute Gasteiger partial charge is 0.329 e. The van der Waals surface area contributed by atoms with Crippen molar-refractivity contribution in [3.05, 3.63) is 36.7 Å². The van der Waals surface area contributed by atoms with Crippen molar-refractivity contribution in [1.82, 2.24) is 29.8 Å². The molecule has 1 fully saturated rings. The van der Waals surface area contributed by atoms with Crippen LogP contribution in [0, 0.1) is 0 Å². The highest BCUT2D eigenvalue weighted by Gasteiger charge is 2.29. The van der Waals surface area contributed by atoms with Crippen molar-refractivity contribution in [2.24, 2.45) is 7.05 Å². The summed E-state index contributed by atoms with van der Waals surface area (Å²) in [5, 5.41) is 16.0. The molecule has 4 rings (SSSR count). The fraction of sp³-hybridized carbons (Fsp3) is 0.353. The van der Waals surface area contributed by atoms with Crippen molar-refractivity contribution in [3.63, 3.8) is 0 Å². The lowest BCUT2D eigenvalue weighted by Crippen LogP contribution is -2.22. The zero-order valence-electron chi connectivity index (χ0n) is 14.9. The van der Waals surface area contributed by atoms with Gasteiger partial charge in [-0.25, -0.2) is 9.67 Å². The molecule has 0 spiro atoms. The number of aryl methyl sites for hydroxylation is 1. The lowest BCUT2D eigenvalue weighted by molar-refractivity contribution is -0.115. The first-order valence-corrected chi connectivity index (χ1v) is 10.3. The van der Waals surface area contributed by atoms with Crippen LogP contribution in [0.25, 0.3) is 0 Å². The van der Waals surface area contributed by atoms with Gasteiger partial charge in [0.05, 0.1) is 11.3 Å². The third-order valence-electron chi connectivity index (χ3n) is 4.11. The summed E-state index contributed by atoms with van der Waals surface area (Å²) in [6.07, 6.45) is 5.88.